The maximum absolute atomic E-state index is 13.5. The summed E-state index contributed by atoms with van der Waals surface area (Å²) in [5.74, 6) is -3.08. The van der Waals surface area contributed by atoms with Crippen LogP contribution in [0, 0.1) is 11.8 Å². The zero-order valence-electron chi connectivity index (χ0n) is 22.0. The van der Waals surface area contributed by atoms with Crippen LogP contribution in [-0.4, -0.2) is 58.2 Å². The average Bonchev–Trinajstić information content (AvgIpc) is 3.28. The molecule has 0 saturated heterocycles. The molecule has 0 aliphatic heterocycles. The van der Waals surface area contributed by atoms with Crippen LogP contribution in [0.15, 0.2) is 30.5 Å². The lowest BCUT2D eigenvalue weighted by molar-refractivity contribution is -0.134. The third kappa shape index (κ3) is 8.88. The normalized spacial score (nSPS) is 14.3. The van der Waals surface area contributed by atoms with Crippen LogP contribution in [0.3, 0.4) is 0 Å². The van der Waals surface area contributed by atoms with Gasteiger partial charge in [-0.15, -0.1) is 0 Å². The van der Waals surface area contributed by atoms with E-state index in [9.17, 15) is 24.0 Å². The molecular formula is C26H38N6O5S. The monoisotopic (exact) mass is 546 g/mol. The molecule has 0 aliphatic rings. The highest BCUT2D eigenvalue weighted by Gasteiger charge is 2.32. The number of para-hydroxylation sites is 1. The van der Waals surface area contributed by atoms with Crippen LogP contribution in [0.2, 0.25) is 0 Å². The first-order chi connectivity index (χ1) is 18.1. The van der Waals surface area contributed by atoms with Crippen molar-refractivity contribution in [1.29, 1.82) is 0 Å². The lowest BCUT2D eigenvalue weighted by Gasteiger charge is -2.27. The van der Waals surface area contributed by atoms with Gasteiger partial charge in [-0.1, -0.05) is 57.2 Å². The van der Waals surface area contributed by atoms with Gasteiger partial charge >= 0.3 is 0 Å². The van der Waals surface area contributed by atoms with Crippen molar-refractivity contribution >= 4 is 51.9 Å². The number of aromatic nitrogens is 1. The van der Waals surface area contributed by atoms with E-state index in [4.69, 9.17) is 11.5 Å². The maximum Gasteiger partial charge on any atom is 0.250 e. The second-order valence-electron chi connectivity index (χ2n) is 9.56. The Morgan fingerprint density at radius 3 is 2.34 bits per heavy atom. The van der Waals surface area contributed by atoms with Gasteiger partial charge in [-0.05, 0) is 36.9 Å². The van der Waals surface area contributed by atoms with Crippen LogP contribution in [0.25, 0.3) is 10.9 Å². The van der Waals surface area contributed by atoms with Crippen LogP contribution in [0.1, 0.15) is 45.6 Å². The van der Waals surface area contributed by atoms with E-state index in [1.54, 1.807) is 27.0 Å². The number of carbonyl (C=O) groups excluding carboxylic acids is 5. The van der Waals surface area contributed by atoms with Gasteiger partial charge < -0.3 is 32.4 Å². The van der Waals surface area contributed by atoms with E-state index in [2.05, 4.69) is 20.9 Å². The van der Waals surface area contributed by atoms with Gasteiger partial charge in [-0.3, -0.25) is 24.0 Å². The molecule has 0 fully saturated rings. The highest BCUT2D eigenvalue weighted by atomic mass is 32.2. The fraction of sp³-hybridized carbons (Fsp3) is 0.500. The van der Waals surface area contributed by atoms with Crippen LogP contribution >= 0.6 is 11.8 Å². The van der Waals surface area contributed by atoms with Crippen molar-refractivity contribution in [3.8, 4) is 0 Å². The third-order valence-electron chi connectivity index (χ3n) is 6.24. The number of primary amides is 1. The molecule has 2 rings (SSSR count). The number of nitrogens with two attached hydrogens (primary N) is 2. The number of fused-ring (bicyclic) bond motifs is 1. The summed E-state index contributed by atoms with van der Waals surface area (Å²) < 4.78 is 0. The summed E-state index contributed by atoms with van der Waals surface area (Å²) in [5.41, 5.74) is 13.0. The number of H-pyrrole nitrogens is 1. The summed E-state index contributed by atoms with van der Waals surface area (Å²) in [6.45, 7) is 5.79. The van der Waals surface area contributed by atoms with Crippen LogP contribution in [0.5, 0.6) is 0 Å². The Hall–Kier alpha value is -3.38. The number of unbranched alkanes of at least 4 members (excludes halogenated alkanes) is 1. The molecular weight excluding hydrogens is 508 g/mol. The Kier molecular flexibility index (Phi) is 12.3. The van der Waals surface area contributed by atoms with Crippen molar-refractivity contribution in [2.45, 2.75) is 63.9 Å². The number of hydrogen-bond donors (Lipinski definition) is 6. The molecule has 0 radical (unpaired) electrons. The SMILES string of the molecule is CC(C)[C@H](NC(=O)[C@@H](Cc1c[nH]c2ccccc12)NC(=O)[C@@H](C)CCCCN)C(=O)N[C@@H](SC=O)C(N)=O. The molecule has 4 atom stereocenters. The van der Waals surface area contributed by atoms with Gasteiger partial charge in [0.05, 0.1) is 0 Å². The topological polar surface area (TPSA) is 189 Å². The Morgan fingerprint density at radius 2 is 1.71 bits per heavy atom. The first-order valence-electron chi connectivity index (χ1n) is 12.6. The molecule has 1 aromatic heterocycles. The first-order valence-corrected chi connectivity index (χ1v) is 13.6. The van der Waals surface area contributed by atoms with E-state index < -0.39 is 35.2 Å². The zero-order valence-corrected chi connectivity index (χ0v) is 22.8. The number of benzene rings is 1. The van der Waals surface area contributed by atoms with E-state index in [-0.39, 0.29) is 24.2 Å². The molecule has 2 aromatic rings. The zero-order chi connectivity index (χ0) is 28.2. The summed E-state index contributed by atoms with van der Waals surface area (Å²) >= 11 is 0.523. The van der Waals surface area contributed by atoms with Crippen LogP contribution < -0.4 is 27.4 Å². The third-order valence-corrected chi connectivity index (χ3v) is 6.97. The molecule has 0 unspecified atom stereocenters. The highest BCUT2D eigenvalue weighted by Crippen LogP contribution is 2.20. The van der Waals surface area contributed by atoms with Gasteiger partial charge in [0.25, 0.3) is 5.91 Å². The molecule has 4 amide bonds. The van der Waals surface area contributed by atoms with Crippen molar-refractivity contribution in [3.05, 3.63) is 36.0 Å². The van der Waals surface area contributed by atoms with Crippen molar-refractivity contribution in [2.75, 3.05) is 6.54 Å². The molecule has 1 heterocycles. The smallest absolute Gasteiger partial charge is 0.250 e. The van der Waals surface area contributed by atoms with Gasteiger partial charge in [-0.25, -0.2) is 0 Å². The van der Waals surface area contributed by atoms with Gasteiger partial charge in [-0.2, -0.15) is 0 Å². The molecule has 0 saturated carbocycles. The van der Waals surface area contributed by atoms with Gasteiger partial charge in [0.2, 0.25) is 17.7 Å². The molecule has 208 valence electrons. The molecule has 0 aliphatic carbocycles. The van der Waals surface area contributed by atoms with Gasteiger partial charge in [0.15, 0.2) is 11.0 Å². The molecule has 38 heavy (non-hydrogen) atoms. The molecule has 11 nitrogen and oxygen atoms in total. The molecule has 8 N–H and O–H groups in total. The predicted molar refractivity (Wildman–Crippen MR) is 148 cm³/mol. The summed E-state index contributed by atoms with van der Waals surface area (Å²) in [6, 6.07) is 5.61. The molecule has 0 bridgehead atoms. The van der Waals surface area contributed by atoms with E-state index in [0.717, 1.165) is 29.3 Å². The summed E-state index contributed by atoms with van der Waals surface area (Å²) in [4.78, 5) is 65.0. The standard InChI is InChI=1S/C26H38N6O5S/c1-15(2)21(25(37)32-26(22(28)34)38-14-33)31-24(36)20(30-23(35)16(3)8-6-7-11-27)12-17-13-29-19-10-5-4-9-18(17)19/h4-5,9-10,13-16,20-21,26,29H,6-8,11-12,27H2,1-3H3,(H2,28,34)(H,30,35)(H,31,36)(H,32,37)/t16-,20+,21-,26-/m0/s1. The van der Waals surface area contributed by atoms with Crippen molar-refractivity contribution in [3.63, 3.8) is 0 Å². The highest BCUT2D eigenvalue weighted by molar-refractivity contribution is 8.12. The number of aromatic amines is 1. The Balaban J connectivity index is 2.25. The largest absolute Gasteiger partial charge is 0.367 e. The second kappa shape index (κ2) is 15.1. The van der Waals surface area contributed by atoms with Crippen molar-refractivity contribution < 1.29 is 24.0 Å². The minimum atomic E-state index is -1.27. The quantitative estimate of drug-likeness (QED) is 0.103. The number of amides is 4. The first kappa shape index (κ1) is 30.8. The summed E-state index contributed by atoms with van der Waals surface area (Å²) in [6.07, 6.45) is 4.21. The van der Waals surface area contributed by atoms with Crippen molar-refractivity contribution in [1.82, 2.24) is 20.9 Å². The summed E-state index contributed by atoms with van der Waals surface area (Å²) in [7, 11) is 0. The molecule has 1 aromatic carbocycles. The lowest BCUT2D eigenvalue weighted by atomic mass is 9.99. The van der Waals surface area contributed by atoms with Gasteiger partial charge in [0, 0.05) is 29.4 Å². The maximum atomic E-state index is 13.5. The Labute approximate surface area is 226 Å². The minimum absolute atomic E-state index is 0.189. The number of hydrogen-bond acceptors (Lipinski definition) is 7. The Bertz CT molecular complexity index is 1120. The van der Waals surface area contributed by atoms with E-state index in [1.807, 2.05) is 24.3 Å². The minimum Gasteiger partial charge on any atom is -0.367 e. The Morgan fingerprint density at radius 1 is 1.00 bits per heavy atom. The average molecular weight is 547 g/mol. The summed E-state index contributed by atoms with van der Waals surface area (Å²) in [5, 5.41) is 7.63. The lowest BCUT2D eigenvalue weighted by Crippen LogP contribution is -2.58. The van der Waals surface area contributed by atoms with Crippen LogP contribution in [-0.2, 0) is 30.4 Å². The predicted octanol–water partition coefficient (Wildman–Crippen LogP) is 0.952. The molecule has 12 heteroatoms. The fourth-order valence-electron chi connectivity index (χ4n) is 4.01. The van der Waals surface area contributed by atoms with Crippen molar-refractivity contribution in [2.24, 2.45) is 23.3 Å². The second-order valence-corrected chi connectivity index (χ2v) is 10.5. The number of nitrogens with one attached hydrogen (secondary N) is 4. The number of rotatable bonds is 16. The number of thioether (sulfide) groups is 1. The molecule has 0 spiro atoms. The van der Waals surface area contributed by atoms with Crippen LogP contribution in [0.4, 0.5) is 0 Å². The van der Waals surface area contributed by atoms with Gasteiger partial charge in [0.1, 0.15) is 12.1 Å². The fourth-order valence-corrected chi connectivity index (χ4v) is 4.43. The number of carbonyl (C=O) groups is 5. The van der Waals surface area contributed by atoms with E-state index in [0.29, 0.717) is 30.3 Å². The van der Waals surface area contributed by atoms with E-state index in [1.165, 1.54) is 0 Å². The van der Waals surface area contributed by atoms with E-state index >= 15 is 0 Å².